The highest BCUT2D eigenvalue weighted by Crippen LogP contribution is 2.04. The summed E-state index contributed by atoms with van der Waals surface area (Å²) >= 11 is 0. The minimum Gasteiger partial charge on any atom is -0.480 e. The first-order valence-electron chi connectivity index (χ1n) is 8.37. The molecule has 26 heavy (non-hydrogen) atoms. The quantitative estimate of drug-likeness (QED) is 0.468. The maximum atomic E-state index is 11.7. The number of amides is 3. The number of rotatable bonds is 10. The Morgan fingerprint density at radius 1 is 0.923 bits per heavy atom. The molecule has 8 nitrogen and oxygen atoms in total. The van der Waals surface area contributed by atoms with Crippen molar-refractivity contribution in [2.45, 2.75) is 32.7 Å². The third-order valence-corrected chi connectivity index (χ3v) is 3.44. The number of carboxylic acids is 1. The van der Waals surface area contributed by atoms with E-state index in [1.54, 1.807) is 12.1 Å². The molecule has 1 rings (SSSR count). The van der Waals surface area contributed by atoms with Crippen LogP contribution in [0.3, 0.4) is 0 Å². The molecule has 1 aromatic rings. The second-order valence-corrected chi connectivity index (χ2v) is 6.30. The molecule has 1 aromatic carbocycles. The van der Waals surface area contributed by atoms with Gasteiger partial charge in [0.1, 0.15) is 6.04 Å². The number of carboxylic acid groups (broad SMARTS) is 1. The molecule has 0 aliphatic carbocycles. The van der Waals surface area contributed by atoms with E-state index in [-0.39, 0.29) is 31.3 Å². The highest BCUT2D eigenvalue weighted by molar-refractivity contribution is 5.90. The van der Waals surface area contributed by atoms with Crippen LogP contribution in [-0.4, -0.2) is 47.9 Å². The van der Waals surface area contributed by atoms with Crippen molar-refractivity contribution in [2.75, 3.05) is 13.1 Å². The SMILES string of the molecule is CC(C)C[C@H](NC(=O)CNC(=O)CNC(=O)Cc1ccccc1)C(=O)O. The van der Waals surface area contributed by atoms with Crippen molar-refractivity contribution >= 4 is 23.7 Å². The van der Waals surface area contributed by atoms with Crippen LogP contribution in [0.25, 0.3) is 0 Å². The molecule has 3 amide bonds. The molecule has 8 heteroatoms. The van der Waals surface area contributed by atoms with Crippen molar-refractivity contribution in [1.29, 1.82) is 0 Å². The molecule has 0 saturated heterocycles. The molecule has 0 spiro atoms. The van der Waals surface area contributed by atoms with Crippen LogP contribution in [0.5, 0.6) is 0 Å². The zero-order valence-corrected chi connectivity index (χ0v) is 15.0. The van der Waals surface area contributed by atoms with Gasteiger partial charge in [0.25, 0.3) is 0 Å². The van der Waals surface area contributed by atoms with E-state index < -0.39 is 23.8 Å². The van der Waals surface area contributed by atoms with Gasteiger partial charge >= 0.3 is 5.97 Å². The van der Waals surface area contributed by atoms with E-state index in [1.807, 2.05) is 32.0 Å². The Labute approximate surface area is 152 Å². The summed E-state index contributed by atoms with van der Waals surface area (Å²) in [6, 6.07) is 8.09. The van der Waals surface area contributed by atoms with Crippen LogP contribution < -0.4 is 16.0 Å². The highest BCUT2D eigenvalue weighted by atomic mass is 16.4. The van der Waals surface area contributed by atoms with Gasteiger partial charge in [0.05, 0.1) is 19.5 Å². The second-order valence-electron chi connectivity index (χ2n) is 6.30. The van der Waals surface area contributed by atoms with E-state index in [1.165, 1.54) is 0 Å². The van der Waals surface area contributed by atoms with E-state index in [4.69, 9.17) is 5.11 Å². The fraction of sp³-hybridized carbons (Fsp3) is 0.444. The summed E-state index contributed by atoms with van der Waals surface area (Å²) in [5.74, 6) is -2.45. The minimum absolute atomic E-state index is 0.103. The van der Waals surface area contributed by atoms with Crippen LogP contribution in [0.15, 0.2) is 30.3 Å². The number of hydrogen-bond donors (Lipinski definition) is 4. The van der Waals surface area contributed by atoms with E-state index in [0.29, 0.717) is 6.42 Å². The Morgan fingerprint density at radius 3 is 2.08 bits per heavy atom. The zero-order chi connectivity index (χ0) is 19.5. The fourth-order valence-corrected chi connectivity index (χ4v) is 2.20. The summed E-state index contributed by atoms with van der Waals surface area (Å²) < 4.78 is 0. The predicted octanol–water partition coefficient (Wildman–Crippen LogP) is 0.0770. The maximum Gasteiger partial charge on any atom is 0.326 e. The lowest BCUT2D eigenvalue weighted by atomic mass is 10.0. The van der Waals surface area contributed by atoms with Gasteiger partial charge in [0, 0.05) is 0 Å². The van der Waals surface area contributed by atoms with Gasteiger partial charge in [-0.15, -0.1) is 0 Å². The molecule has 0 aliphatic heterocycles. The molecular weight excluding hydrogens is 338 g/mol. The van der Waals surface area contributed by atoms with Gasteiger partial charge in [-0.1, -0.05) is 44.2 Å². The minimum atomic E-state index is -1.12. The number of nitrogens with one attached hydrogen (secondary N) is 3. The summed E-state index contributed by atoms with van der Waals surface area (Å²) in [6.07, 6.45) is 0.453. The van der Waals surface area contributed by atoms with Crippen molar-refractivity contribution < 1.29 is 24.3 Å². The van der Waals surface area contributed by atoms with Crippen molar-refractivity contribution in [1.82, 2.24) is 16.0 Å². The topological polar surface area (TPSA) is 125 Å². The van der Waals surface area contributed by atoms with Gasteiger partial charge in [0.15, 0.2) is 0 Å². The maximum absolute atomic E-state index is 11.7. The van der Waals surface area contributed by atoms with Crippen molar-refractivity contribution in [3.63, 3.8) is 0 Å². The summed E-state index contributed by atoms with van der Waals surface area (Å²) in [7, 11) is 0. The lowest BCUT2D eigenvalue weighted by Gasteiger charge is -2.16. The second kappa shape index (κ2) is 10.9. The highest BCUT2D eigenvalue weighted by Gasteiger charge is 2.21. The van der Waals surface area contributed by atoms with Crippen LogP contribution in [0, 0.1) is 5.92 Å². The molecule has 0 aliphatic rings. The van der Waals surface area contributed by atoms with Crippen molar-refractivity contribution in [3.8, 4) is 0 Å². The van der Waals surface area contributed by atoms with Crippen molar-refractivity contribution in [3.05, 3.63) is 35.9 Å². The predicted molar refractivity (Wildman–Crippen MR) is 95.2 cm³/mol. The smallest absolute Gasteiger partial charge is 0.326 e. The Morgan fingerprint density at radius 2 is 1.50 bits per heavy atom. The van der Waals surface area contributed by atoms with Gasteiger partial charge < -0.3 is 21.1 Å². The first kappa shape index (κ1) is 21.1. The average molecular weight is 363 g/mol. The van der Waals surface area contributed by atoms with Gasteiger partial charge in [-0.25, -0.2) is 4.79 Å². The number of hydrogen-bond acceptors (Lipinski definition) is 4. The first-order valence-corrected chi connectivity index (χ1v) is 8.37. The number of carbonyl (C=O) groups is 4. The number of carbonyl (C=O) groups excluding carboxylic acids is 3. The molecule has 142 valence electrons. The Balaban J connectivity index is 2.29. The summed E-state index contributed by atoms with van der Waals surface area (Å²) in [6.45, 7) is 3.09. The monoisotopic (exact) mass is 363 g/mol. The van der Waals surface area contributed by atoms with Gasteiger partial charge in [-0.05, 0) is 17.9 Å². The van der Waals surface area contributed by atoms with Crippen LogP contribution in [-0.2, 0) is 25.6 Å². The molecule has 4 N–H and O–H groups in total. The molecule has 0 unspecified atom stereocenters. The third-order valence-electron chi connectivity index (χ3n) is 3.44. The molecule has 0 radical (unpaired) electrons. The van der Waals surface area contributed by atoms with E-state index in [9.17, 15) is 19.2 Å². The molecular formula is C18H25N3O5. The average Bonchev–Trinajstić information content (AvgIpc) is 2.58. The number of aliphatic carboxylic acids is 1. The molecule has 0 saturated carbocycles. The molecule has 0 bridgehead atoms. The van der Waals surface area contributed by atoms with E-state index in [0.717, 1.165) is 5.56 Å². The summed E-state index contributed by atoms with van der Waals surface area (Å²) in [5, 5.41) is 16.2. The van der Waals surface area contributed by atoms with Crippen LogP contribution in [0.2, 0.25) is 0 Å². The van der Waals surface area contributed by atoms with Gasteiger partial charge in [-0.2, -0.15) is 0 Å². The summed E-state index contributed by atoms with van der Waals surface area (Å²) in [5.41, 5.74) is 0.828. The lowest BCUT2D eigenvalue weighted by molar-refractivity contribution is -0.142. The first-order chi connectivity index (χ1) is 12.3. The molecule has 0 heterocycles. The van der Waals surface area contributed by atoms with E-state index in [2.05, 4.69) is 16.0 Å². The molecule has 1 atom stereocenters. The van der Waals surface area contributed by atoms with Crippen molar-refractivity contribution in [2.24, 2.45) is 5.92 Å². The summed E-state index contributed by atoms with van der Waals surface area (Å²) in [4.78, 5) is 46.3. The van der Waals surface area contributed by atoms with Gasteiger partial charge in [-0.3, -0.25) is 14.4 Å². The Kier molecular flexibility index (Phi) is 8.83. The Hall–Kier alpha value is -2.90. The standard InChI is InChI=1S/C18H25N3O5/c1-12(2)8-14(18(25)26)21-17(24)11-20-16(23)10-19-15(22)9-13-6-4-3-5-7-13/h3-7,12,14H,8-11H2,1-2H3,(H,19,22)(H,20,23)(H,21,24)(H,25,26)/t14-/m0/s1. The number of benzene rings is 1. The van der Waals surface area contributed by atoms with Gasteiger partial charge in [0.2, 0.25) is 17.7 Å². The third kappa shape index (κ3) is 8.81. The van der Waals surface area contributed by atoms with Crippen LogP contribution >= 0.6 is 0 Å². The van der Waals surface area contributed by atoms with Crippen LogP contribution in [0.1, 0.15) is 25.8 Å². The molecule has 0 aromatic heterocycles. The largest absolute Gasteiger partial charge is 0.480 e. The van der Waals surface area contributed by atoms with E-state index >= 15 is 0 Å². The zero-order valence-electron chi connectivity index (χ0n) is 15.0. The molecule has 0 fully saturated rings. The Bertz CT molecular complexity index is 631. The normalized spacial score (nSPS) is 11.5. The lowest BCUT2D eigenvalue weighted by Crippen LogP contribution is -2.47. The fourth-order valence-electron chi connectivity index (χ4n) is 2.20. The van der Waals surface area contributed by atoms with Crippen LogP contribution in [0.4, 0.5) is 0 Å².